The second kappa shape index (κ2) is 5.10. The summed E-state index contributed by atoms with van der Waals surface area (Å²) in [5.74, 6) is -0.145. The van der Waals surface area contributed by atoms with Crippen molar-refractivity contribution >= 4 is 57.7 Å². The molecule has 1 fully saturated rings. The van der Waals surface area contributed by atoms with Crippen LogP contribution in [0.25, 0.3) is 0 Å². The minimum absolute atomic E-state index is 0.145. The average Bonchev–Trinajstić information content (AvgIpc) is 2.83. The third kappa shape index (κ3) is 2.57. The van der Waals surface area contributed by atoms with Crippen LogP contribution in [0.15, 0.2) is 6.07 Å². The number of carbonyl (C=O) groups excluding carboxylic acids is 1. The topological polar surface area (TPSA) is 46.3 Å². The van der Waals surface area contributed by atoms with Crippen LogP contribution in [-0.2, 0) is 0 Å². The van der Waals surface area contributed by atoms with Crippen molar-refractivity contribution in [3.63, 3.8) is 0 Å². The summed E-state index contributed by atoms with van der Waals surface area (Å²) >= 11 is 17.9. The van der Waals surface area contributed by atoms with E-state index in [1.165, 1.54) is 11.3 Å². The fourth-order valence-electron chi connectivity index (χ4n) is 1.95. The van der Waals surface area contributed by atoms with Gasteiger partial charge in [-0.3, -0.25) is 4.79 Å². The van der Waals surface area contributed by atoms with E-state index in [4.69, 9.17) is 41.2 Å². The number of rotatable bonds is 2. The van der Waals surface area contributed by atoms with Crippen molar-refractivity contribution < 1.29 is 4.79 Å². The highest BCUT2D eigenvalue weighted by molar-refractivity contribution is 7.80. The molecule has 2 N–H and O–H groups in total. The molecule has 1 aliphatic heterocycles. The molecule has 1 aliphatic rings. The number of nitrogens with two attached hydrogens (primary N) is 1. The number of thiophene rings is 1. The highest BCUT2D eigenvalue weighted by Gasteiger charge is 2.32. The molecule has 7 heteroatoms. The minimum Gasteiger partial charge on any atom is -0.392 e. The van der Waals surface area contributed by atoms with Crippen molar-refractivity contribution in [3.8, 4) is 0 Å². The van der Waals surface area contributed by atoms with Crippen LogP contribution >= 0.6 is 46.8 Å². The molecule has 2 rings (SSSR count). The van der Waals surface area contributed by atoms with Gasteiger partial charge in [-0.2, -0.15) is 0 Å². The number of amides is 1. The summed E-state index contributed by atoms with van der Waals surface area (Å²) in [6, 6.07) is 1.43. The molecule has 0 bridgehead atoms. The Labute approximate surface area is 118 Å². The number of thiocarbonyl (C=S) groups is 1. The average molecular weight is 309 g/mol. The van der Waals surface area contributed by atoms with Crippen LogP contribution < -0.4 is 5.73 Å². The lowest BCUT2D eigenvalue weighted by Gasteiger charge is -2.23. The van der Waals surface area contributed by atoms with Crippen molar-refractivity contribution in [1.29, 1.82) is 0 Å². The first kappa shape index (κ1) is 13.1. The van der Waals surface area contributed by atoms with Gasteiger partial charge in [0.25, 0.3) is 5.91 Å². The lowest BCUT2D eigenvalue weighted by molar-refractivity contribution is 0.0771. The Balaban J connectivity index is 2.25. The molecule has 1 aromatic heterocycles. The molecule has 1 unspecified atom stereocenters. The molecule has 0 aliphatic carbocycles. The molecule has 17 heavy (non-hydrogen) atoms. The van der Waals surface area contributed by atoms with Crippen molar-refractivity contribution in [1.82, 2.24) is 4.90 Å². The van der Waals surface area contributed by atoms with Crippen LogP contribution in [0.4, 0.5) is 0 Å². The molecule has 0 aromatic carbocycles. The van der Waals surface area contributed by atoms with Gasteiger partial charge in [-0.25, -0.2) is 0 Å². The van der Waals surface area contributed by atoms with E-state index in [9.17, 15) is 4.79 Å². The smallest absolute Gasteiger partial charge is 0.256 e. The van der Waals surface area contributed by atoms with E-state index in [1.807, 2.05) is 0 Å². The van der Waals surface area contributed by atoms with Gasteiger partial charge in [0, 0.05) is 6.54 Å². The van der Waals surface area contributed by atoms with E-state index in [1.54, 1.807) is 11.0 Å². The number of nitrogens with zero attached hydrogens (tertiary/aromatic N) is 1. The maximum atomic E-state index is 12.3. The molecular weight excluding hydrogens is 299 g/mol. The molecule has 1 amide bonds. The van der Waals surface area contributed by atoms with E-state index in [-0.39, 0.29) is 11.9 Å². The van der Waals surface area contributed by atoms with E-state index in [0.717, 1.165) is 12.8 Å². The lowest BCUT2D eigenvalue weighted by atomic mass is 10.2. The summed E-state index contributed by atoms with van der Waals surface area (Å²) in [7, 11) is 0. The fourth-order valence-corrected chi connectivity index (χ4v) is 3.64. The van der Waals surface area contributed by atoms with Crippen LogP contribution in [0, 0.1) is 0 Å². The Morgan fingerprint density at radius 3 is 2.82 bits per heavy atom. The number of halogens is 2. The van der Waals surface area contributed by atoms with Crippen molar-refractivity contribution in [2.24, 2.45) is 5.73 Å². The van der Waals surface area contributed by atoms with Gasteiger partial charge >= 0.3 is 0 Å². The van der Waals surface area contributed by atoms with E-state index < -0.39 is 0 Å². The first-order valence-corrected chi connectivity index (χ1v) is 7.04. The highest BCUT2D eigenvalue weighted by atomic mass is 35.5. The molecule has 92 valence electrons. The first-order valence-electron chi connectivity index (χ1n) is 5.06. The minimum atomic E-state index is -0.160. The lowest BCUT2D eigenvalue weighted by Crippen LogP contribution is -2.42. The molecule has 1 saturated heterocycles. The van der Waals surface area contributed by atoms with Crippen molar-refractivity contribution in [2.75, 3.05) is 6.54 Å². The fraction of sp³-hybridized carbons (Fsp3) is 0.400. The largest absolute Gasteiger partial charge is 0.392 e. The SMILES string of the molecule is NC(=S)C1CCCN1C(=O)c1cc(Cl)sc1Cl. The van der Waals surface area contributed by atoms with Gasteiger partial charge in [0.1, 0.15) is 4.34 Å². The van der Waals surface area contributed by atoms with Crippen molar-refractivity contribution in [2.45, 2.75) is 18.9 Å². The van der Waals surface area contributed by atoms with Crippen LogP contribution in [0.5, 0.6) is 0 Å². The molecule has 0 saturated carbocycles. The standard InChI is InChI=1S/C10H10Cl2N2OS2/c11-7-4-5(8(12)17-7)10(15)14-3-1-2-6(14)9(13)16/h4,6H,1-3H2,(H2,13,16). The van der Waals surface area contributed by atoms with E-state index in [2.05, 4.69) is 0 Å². The second-order valence-corrected chi connectivity index (χ2v) is 6.55. The summed E-state index contributed by atoms with van der Waals surface area (Å²) in [6.45, 7) is 0.657. The van der Waals surface area contributed by atoms with Gasteiger partial charge in [-0.15, -0.1) is 11.3 Å². The number of likely N-dealkylation sites (tertiary alicyclic amines) is 1. The van der Waals surface area contributed by atoms with Gasteiger partial charge in [0.05, 0.1) is 20.9 Å². The molecular formula is C10H10Cl2N2OS2. The molecule has 0 spiro atoms. The molecule has 3 nitrogen and oxygen atoms in total. The number of hydrogen-bond acceptors (Lipinski definition) is 3. The molecule has 1 atom stereocenters. The quantitative estimate of drug-likeness (QED) is 0.854. The van der Waals surface area contributed by atoms with E-state index in [0.29, 0.717) is 25.8 Å². The van der Waals surface area contributed by atoms with Gasteiger partial charge in [0.2, 0.25) is 0 Å². The Morgan fingerprint density at radius 2 is 2.29 bits per heavy atom. The van der Waals surface area contributed by atoms with Gasteiger partial charge in [-0.05, 0) is 18.9 Å². The zero-order valence-electron chi connectivity index (χ0n) is 8.78. The van der Waals surface area contributed by atoms with Crippen LogP contribution in [0.3, 0.4) is 0 Å². The third-order valence-corrected chi connectivity index (χ3v) is 4.49. The summed E-state index contributed by atoms with van der Waals surface area (Å²) in [5.41, 5.74) is 6.06. The summed E-state index contributed by atoms with van der Waals surface area (Å²) in [6.07, 6.45) is 1.72. The molecule has 0 radical (unpaired) electrons. The highest BCUT2D eigenvalue weighted by Crippen LogP contribution is 2.33. The monoisotopic (exact) mass is 308 g/mol. The summed E-state index contributed by atoms with van der Waals surface area (Å²) in [4.78, 5) is 14.3. The summed E-state index contributed by atoms with van der Waals surface area (Å²) in [5, 5.41) is 0. The van der Waals surface area contributed by atoms with Gasteiger partial charge < -0.3 is 10.6 Å². The summed E-state index contributed by atoms with van der Waals surface area (Å²) < 4.78 is 0.915. The Kier molecular flexibility index (Phi) is 3.92. The van der Waals surface area contributed by atoms with Gasteiger partial charge in [0.15, 0.2) is 0 Å². The predicted octanol–water partition coefficient (Wildman–Crippen LogP) is 2.95. The second-order valence-electron chi connectivity index (χ2n) is 3.80. The maximum absolute atomic E-state index is 12.3. The van der Waals surface area contributed by atoms with Crippen LogP contribution in [-0.4, -0.2) is 28.4 Å². The zero-order valence-corrected chi connectivity index (χ0v) is 11.9. The Hall–Kier alpha value is -0.360. The van der Waals surface area contributed by atoms with Crippen molar-refractivity contribution in [3.05, 3.63) is 20.3 Å². The predicted molar refractivity (Wildman–Crippen MR) is 75.2 cm³/mol. The first-order chi connectivity index (χ1) is 8.00. The molecule has 1 aromatic rings. The van der Waals surface area contributed by atoms with Gasteiger partial charge in [-0.1, -0.05) is 35.4 Å². The Morgan fingerprint density at radius 1 is 1.59 bits per heavy atom. The Bertz CT molecular complexity index is 475. The normalized spacial score (nSPS) is 19.6. The number of carbonyl (C=O) groups is 1. The molecule has 2 heterocycles. The van der Waals surface area contributed by atoms with E-state index >= 15 is 0 Å². The van der Waals surface area contributed by atoms with Crippen LogP contribution in [0.1, 0.15) is 23.2 Å². The zero-order chi connectivity index (χ0) is 12.6. The van der Waals surface area contributed by atoms with Crippen LogP contribution in [0.2, 0.25) is 8.67 Å². The maximum Gasteiger partial charge on any atom is 0.256 e. The third-order valence-electron chi connectivity index (χ3n) is 2.73. The number of hydrogen-bond donors (Lipinski definition) is 1.